The molecule has 1 atom stereocenters. The van der Waals surface area contributed by atoms with Gasteiger partial charge in [-0.15, -0.1) is 11.3 Å². The fourth-order valence-electron chi connectivity index (χ4n) is 3.74. The van der Waals surface area contributed by atoms with Crippen molar-refractivity contribution in [3.05, 3.63) is 76.8 Å². The third-order valence-corrected chi connectivity index (χ3v) is 6.15. The summed E-state index contributed by atoms with van der Waals surface area (Å²) in [4.78, 5) is 42.2. The van der Waals surface area contributed by atoms with E-state index in [0.29, 0.717) is 11.7 Å². The van der Waals surface area contributed by atoms with Crippen molar-refractivity contribution in [3.8, 4) is 11.3 Å². The molecule has 2 aromatic carbocycles. The molecule has 2 heterocycles. The topological polar surface area (TPSA) is 91.4 Å². The van der Waals surface area contributed by atoms with E-state index in [1.165, 1.54) is 25.2 Å². The molecule has 0 fully saturated rings. The quantitative estimate of drug-likeness (QED) is 0.572. The fraction of sp³-hybridized carbons (Fsp3) is 0.200. The van der Waals surface area contributed by atoms with E-state index in [1.54, 1.807) is 11.1 Å². The molecule has 3 amide bonds. The number of hydrogen-bond donors (Lipinski definition) is 2. The number of amides is 3. The number of aromatic nitrogens is 1. The second-order valence-electron chi connectivity index (χ2n) is 7.78. The highest BCUT2D eigenvalue weighted by Crippen LogP contribution is 2.33. The van der Waals surface area contributed by atoms with Crippen molar-refractivity contribution in [2.24, 2.45) is 0 Å². The molecule has 0 aliphatic carbocycles. The van der Waals surface area contributed by atoms with E-state index >= 15 is 0 Å². The summed E-state index contributed by atoms with van der Waals surface area (Å²) in [5, 5.41) is 8.03. The third kappa shape index (κ3) is 5.35. The first kappa shape index (κ1) is 22.4. The third-order valence-electron chi connectivity index (χ3n) is 5.39. The van der Waals surface area contributed by atoms with Crippen molar-refractivity contribution in [3.63, 3.8) is 0 Å². The SMILES string of the molecule is CC(=O)NCc1ccc(-c2csc(NC(=O)C[C@H]3c4ccccc4C=CN3C(C)=O)n2)cc1. The lowest BCUT2D eigenvalue weighted by molar-refractivity contribution is -0.129. The maximum absolute atomic E-state index is 12.8. The molecule has 1 aromatic heterocycles. The number of hydrogen-bond acceptors (Lipinski definition) is 5. The van der Waals surface area contributed by atoms with Crippen molar-refractivity contribution in [2.45, 2.75) is 32.9 Å². The number of thiazole rings is 1. The second-order valence-corrected chi connectivity index (χ2v) is 8.64. The van der Waals surface area contributed by atoms with Gasteiger partial charge in [-0.3, -0.25) is 14.4 Å². The summed E-state index contributed by atoms with van der Waals surface area (Å²) < 4.78 is 0. The minimum Gasteiger partial charge on any atom is -0.352 e. The van der Waals surface area contributed by atoms with Crippen LogP contribution >= 0.6 is 11.3 Å². The normalized spacial score (nSPS) is 14.5. The summed E-state index contributed by atoms with van der Waals surface area (Å²) in [5.41, 5.74) is 4.63. The summed E-state index contributed by atoms with van der Waals surface area (Å²) in [5.74, 6) is -0.391. The van der Waals surface area contributed by atoms with Crippen LogP contribution in [0.25, 0.3) is 17.3 Å². The van der Waals surface area contributed by atoms with Gasteiger partial charge in [0, 0.05) is 37.5 Å². The first-order valence-corrected chi connectivity index (χ1v) is 11.4. The van der Waals surface area contributed by atoms with Crippen LogP contribution < -0.4 is 10.6 Å². The van der Waals surface area contributed by atoms with E-state index in [1.807, 2.05) is 60.0 Å². The summed E-state index contributed by atoms with van der Waals surface area (Å²) in [7, 11) is 0. The van der Waals surface area contributed by atoms with Gasteiger partial charge in [-0.25, -0.2) is 4.98 Å². The highest BCUT2D eigenvalue weighted by Gasteiger charge is 2.28. The lowest BCUT2D eigenvalue weighted by atomic mass is 9.93. The minimum atomic E-state index is -0.362. The van der Waals surface area contributed by atoms with Gasteiger partial charge >= 0.3 is 0 Å². The molecule has 0 radical (unpaired) electrons. The van der Waals surface area contributed by atoms with Gasteiger partial charge in [-0.2, -0.15) is 0 Å². The first-order chi connectivity index (χ1) is 15.9. The lowest BCUT2D eigenvalue weighted by Gasteiger charge is -2.32. The Kier molecular flexibility index (Phi) is 6.65. The molecule has 168 valence electrons. The number of carbonyl (C=O) groups excluding carboxylic acids is 3. The van der Waals surface area contributed by atoms with Crippen LogP contribution in [0.5, 0.6) is 0 Å². The Hall–Kier alpha value is -3.78. The van der Waals surface area contributed by atoms with Crippen molar-refractivity contribution in [1.82, 2.24) is 15.2 Å². The number of rotatable bonds is 6. The van der Waals surface area contributed by atoms with Gasteiger partial charge in [-0.05, 0) is 22.8 Å². The zero-order chi connectivity index (χ0) is 23.4. The number of nitrogens with zero attached hydrogens (tertiary/aromatic N) is 2. The molecule has 0 saturated heterocycles. The predicted octanol–water partition coefficient (Wildman–Crippen LogP) is 4.35. The average molecular weight is 461 g/mol. The highest BCUT2D eigenvalue weighted by atomic mass is 32.1. The van der Waals surface area contributed by atoms with E-state index in [4.69, 9.17) is 0 Å². The molecule has 8 heteroatoms. The highest BCUT2D eigenvalue weighted by molar-refractivity contribution is 7.14. The summed E-state index contributed by atoms with van der Waals surface area (Å²) in [6.07, 6.45) is 3.76. The van der Waals surface area contributed by atoms with Crippen LogP contribution in [0.2, 0.25) is 0 Å². The van der Waals surface area contributed by atoms with Gasteiger partial charge < -0.3 is 15.5 Å². The minimum absolute atomic E-state index is 0.0712. The largest absolute Gasteiger partial charge is 0.352 e. The molecule has 0 bridgehead atoms. The van der Waals surface area contributed by atoms with Crippen LogP contribution in [-0.4, -0.2) is 27.6 Å². The Bertz CT molecular complexity index is 1220. The standard InChI is InChI=1S/C25H24N4O3S/c1-16(30)26-14-18-7-9-20(10-8-18)22-15-33-25(27-22)28-24(32)13-23-21-6-4-3-5-19(21)11-12-29(23)17(2)31/h3-12,15,23H,13-14H2,1-2H3,(H,26,30)(H,27,28,32)/t23-/m0/s1. The number of carbonyl (C=O) groups is 3. The van der Waals surface area contributed by atoms with Crippen LogP contribution in [0.15, 0.2) is 60.1 Å². The van der Waals surface area contributed by atoms with E-state index in [2.05, 4.69) is 15.6 Å². The predicted molar refractivity (Wildman–Crippen MR) is 129 cm³/mol. The van der Waals surface area contributed by atoms with E-state index in [9.17, 15) is 14.4 Å². The Balaban J connectivity index is 1.43. The van der Waals surface area contributed by atoms with Crippen molar-refractivity contribution >= 4 is 40.3 Å². The van der Waals surface area contributed by atoms with Crippen LogP contribution in [0.3, 0.4) is 0 Å². The molecule has 2 N–H and O–H groups in total. The zero-order valence-electron chi connectivity index (χ0n) is 18.4. The van der Waals surface area contributed by atoms with Gasteiger partial charge in [0.2, 0.25) is 17.7 Å². The lowest BCUT2D eigenvalue weighted by Crippen LogP contribution is -2.33. The Morgan fingerprint density at radius 1 is 1.06 bits per heavy atom. The monoisotopic (exact) mass is 460 g/mol. The Morgan fingerprint density at radius 3 is 2.55 bits per heavy atom. The van der Waals surface area contributed by atoms with Gasteiger partial charge in [0.15, 0.2) is 5.13 Å². The Labute approximate surface area is 196 Å². The number of fused-ring (bicyclic) bond motifs is 1. The molecule has 0 unspecified atom stereocenters. The molecule has 0 saturated carbocycles. The molecule has 4 rings (SSSR count). The van der Waals surface area contributed by atoms with Crippen molar-refractivity contribution < 1.29 is 14.4 Å². The van der Waals surface area contributed by atoms with Crippen molar-refractivity contribution in [1.29, 1.82) is 0 Å². The zero-order valence-corrected chi connectivity index (χ0v) is 19.2. The molecule has 0 spiro atoms. The van der Waals surface area contributed by atoms with E-state index in [0.717, 1.165) is 27.9 Å². The number of nitrogens with one attached hydrogen (secondary N) is 2. The maximum atomic E-state index is 12.8. The molecule has 33 heavy (non-hydrogen) atoms. The fourth-order valence-corrected chi connectivity index (χ4v) is 4.48. The second kappa shape index (κ2) is 9.79. The molecular weight excluding hydrogens is 436 g/mol. The summed E-state index contributed by atoms with van der Waals surface area (Å²) in [6.45, 7) is 3.46. The smallest absolute Gasteiger partial charge is 0.228 e. The first-order valence-electron chi connectivity index (χ1n) is 10.6. The summed E-state index contributed by atoms with van der Waals surface area (Å²) in [6, 6.07) is 15.2. The number of benzene rings is 2. The van der Waals surface area contributed by atoms with Crippen LogP contribution in [0.1, 0.15) is 43.0 Å². The van der Waals surface area contributed by atoms with Crippen molar-refractivity contribution in [2.75, 3.05) is 5.32 Å². The molecular formula is C25H24N4O3S. The van der Waals surface area contributed by atoms with Gasteiger partial charge in [0.25, 0.3) is 0 Å². The molecule has 7 nitrogen and oxygen atoms in total. The van der Waals surface area contributed by atoms with Gasteiger partial charge in [0.1, 0.15) is 0 Å². The summed E-state index contributed by atoms with van der Waals surface area (Å²) >= 11 is 1.35. The van der Waals surface area contributed by atoms with E-state index < -0.39 is 0 Å². The molecule has 1 aliphatic heterocycles. The molecule has 3 aromatic rings. The maximum Gasteiger partial charge on any atom is 0.228 e. The Morgan fingerprint density at radius 2 is 1.82 bits per heavy atom. The van der Waals surface area contributed by atoms with Crippen LogP contribution in [0.4, 0.5) is 5.13 Å². The van der Waals surface area contributed by atoms with Gasteiger partial charge in [0.05, 0.1) is 18.2 Å². The van der Waals surface area contributed by atoms with Crippen LogP contribution in [-0.2, 0) is 20.9 Å². The van der Waals surface area contributed by atoms with Gasteiger partial charge in [-0.1, -0.05) is 48.5 Å². The molecule has 1 aliphatic rings. The average Bonchev–Trinajstić information content (AvgIpc) is 3.26. The van der Waals surface area contributed by atoms with E-state index in [-0.39, 0.29) is 30.2 Å². The number of anilines is 1. The van der Waals surface area contributed by atoms with Crippen LogP contribution in [0, 0.1) is 0 Å².